The standard InChI is InChI=1S/C16H17ClN4O4S/c1-9-3-4-11(17)7-12(9)18-14(23)8-25-15(24)6-5-13(22)19-16-21-20-10(2)26-16/h3-4,7H,5-6,8H2,1-2H3,(H,18,23)(H,19,21,22). The molecule has 2 N–H and O–H groups in total. The minimum Gasteiger partial charge on any atom is -0.456 e. The summed E-state index contributed by atoms with van der Waals surface area (Å²) in [5.74, 6) is -1.51. The van der Waals surface area contributed by atoms with E-state index in [1.807, 2.05) is 6.92 Å². The molecule has 0 unspecified atom stereocenters. The summed E-state index contributed by atoms with van der Waals surface area (Å²) >= 11 is 7.11. The van der Waals surface area contributed by atoms with Gasteiger partial charge in [-0.05, 0) is 31.5 Å². The first-order valence-corrected chi connectivity index (χ1v) is 8.84. The van der Waals surface area contributed by atoms with Crippen LogP contribution in [0.5, 0.6) is 0 Å². The van der Waals surface area contributed by atoms with Crippen molar-refractivity contribution >= 4 is 51.5 Å². The number of hydrogen-bond acceptors (Lipinski definition) is 7. The molecule has 0 radical (unpaired) electrons. The van der Waals surface area contributed by atoms with E-state index in [1.165, 1.54) is 11.3 Å². The second kappa shape index (κ2) is 9.25. The summed E-state index contributed by atoms with van der Waals surface area (Å²) in [5.41, 5.74) is 1.38. The minimum absolute atomic E-state index is 0.0769. The van der Waals surface area contributed by atoms with Crippen LogP contribution in [0, 0.1) is 13.8 Å². The Bertz CT molecular complexity index is 824. The molecule has 26 heavy (non-hydrogen) atoms. The number of carbonyl (C=O) groups excluding carboxylic acids is 3. The summed E-state index contributed by atoms with van der Waals surface area (Å²) in [4.78, 5) is 35.2. The van der Waals surface area contributed by atoms with E-state index in [4.69, 9.17) is 16.3 Å². The highest BCUT2D eigenvalue weighted by Crippen LogP contribution is 2.20. The van der Waals surface area contributed by atoms with Crippen LogP contribution in [-0.4, -0.2) is 34.6 Å². The number of benzene rings is 1. The lowest BCUT2D eigenvalue weighted by molar-refractivity contribution is -0.147. The summed E-state index contributed by atoms with van der Waals surface area (Å²) < 4.78 is 4.86. The van der Waals surface area contributed by atoms with Crippen LogP contribution in [0.25, 0.3) is 0 Å². The number of anilines is 2. The first kappa shape index (κ1) is 19.8. The smallest absolute Gasteiger partial charge is 0.306 e. The number of amides is 2. The van der Waals surface area contributed by atoms with Gasteiger partial charge in [-0.25, -0.2) is 0 Å². The number of esters is 1. The molecule has 2 amide bonds. The van der Waals surface area contributed by atoms with E-state index in [0.717, 1.165) is 10.6 Å². The van der Waals surface area contributed by atoms with E-state index >= 15 is 0 Å². The van der Waals surface area contributed by atoms with Crippen molar-refractivity contribution in [3.63, 3.8) is 0 Å². The van der Waals surface area contributed by atoms with E-state index in [2.05, 4.69) is 20.8 Å². The average molecular weight is 397 g/mol. The van der Waals surface area contributed by atoms with Gasteiger partial charge in [0, 0.05) is 17.1 Å². The Morgan fingerprint density at radius 2 is 1.88 bits per heavy atom. The lowest BCUT2D eigenvalue weighted by Gasteiger charge is -2.09. The van der Waals surface area contributed by atoms with Crippen LogP contribution < -0.4 is 10.6 Å². The van der Waals surface area contributed by atoms with Gasteiger partial charge < -0.3 is 15.4 Å². The van der Waals surface area contributed by atoms with E-state index in [-0.39, 0.29) is 18.7 Å². The quantitative estimate of drug-likeness (QED) is 0.696. The molecule has 2 aromatic rings. The van der Waals surface area contributed by atoms with E-state index in [0.29, 0.717) is 15.8 Å². The molecule has 0 aliphatic heterocycles. The summed E-state index contributed by atoms with van der Waals surface area (Å²) in [5, 5.41) is 14.2. The third-order valence-electron chi connectivity index (χ3n) is 3.17. The van der Waals surface area contributed by atoms with Gasteiger partial charge >= 0.3 is 5.97 Å². The lowest BCUT2D eigenvalue weighted by atomic mass is 10.2. The highest BCUT2D eigenvalue weighted by molar-refractivity contribution is 7.15. The number of nitrogens with zero attached hydrogens (tertiary/aromatic N) is 2. The first-order valence-electron chi connectivity index (χ1n) is 7.65. The van der Waals surface area contributed by atoms with Crippen molar-refractivity contribution in [3.8, 4) is 0 Å². The molecule has 138 valence electrons. The zero-order valence-electron chi connectivity index (χ0n) is 14.2. The fourth-order valence-electron chi connectivity index (χ4n) is 1.88. The van der Waals surface area contributed by atoms with Crippen molar-refractivity contribution in [2.75, 3.05) is 17.2 Å². The molecule has 0 saturated carbocycles. The predicted octanol–water partition coefficient (Wildman–Crippen LogP) is 2.71. The van der Waals surface area contributed by atoms with Gasteiger partial charge in [-0.15, -0.1) is 10.2 Å². The van der Waals surface area contributed by atoms with Crippen molar-refractivity contribution in [1.29, 1.82) is 0 Å². The highest BCUT2D eigenvalue weighted by atomic mass is 35.5. The summed E-state index contributed by atoms with van der Waals surface area (Å²) in [7, 11) is 0. The molecule has 10 heteroatoms. The molecule has 0 fully saturated rings. The fourth-order valence-corrected chi connectivity index (χ4v) is 2.66. The lowest BCUT2D eigenvalue weighted by Crippen LogP contribution is -2.22. The first-order chi connectivity index (χ1) is 12.3. The SMILES string of the molecule is Cc1nnc(NC(=O)CCC(=O)OCC(=O)Nc2cc(Cl)ccc2C)s1. The van der Waals surface area contributed by atoms with Crippen LogP contribution in [-0.2, 0) is 19.1 Å². The Morgan fingerprint density at radius 3 is 2.58 bits per heavy atom. The number of ether oxygens (including phenoxy) is 1. The van der Waals surface area contributed by atoms with E-state index in [9.17, 15) is 14.4 Å². The van der Waals surface area contributed by atoms with Crippen LogP contribution >= 0.6 is 22.9 Å². The van der Waals surface area contributed by atoms with Crippen LogP contribution in [0.1, 0.15) is 23.4 Å². The summed E-state index contributed by atoms with van der Waals surface area (Å²) in [6.07, 6.45) is -0.223. The third-order valence-corrected chi connectivity index (χ3v) is 4.16. The van der Waals surface area contributed by atoms with Crippen molar-refractivity contribution in [2.24, 2.45) is 0 Å². The van der Waals surface area contributed by atoms with E-state index in [1.54, 1.807) is 25.1 Å². The third kappa shape index (κ3) is 6.41. The van der Waals surface area contributed by atoms with Crippen molar-refractivity contribution in [2.45, 2.75) is 26.7 Å². The Hall–Kier alpha value is -2.52. The minimum atomic E-state index is -0.647. The second-order valence-electron chi connectivity index (χ2n) is 5.34. The molecule has 0 spiro atoms. The fraction of sp³-hybridized carbons (Fsp3) is 0.312. The maximum atomic E-state index is 11.8. The average Bonchev–Trinajstić information content (AvgIpc) is 2.99. The molecule has 0 bridgehead atoms. The number of aryl methyl sites for hydroxylation is 2. The van der Waals surface area contributed by atoms with Gasteiger partial charge in [-0.3, -0.25) is 14.4 Å². The Labute approximate surface area is 158 Å². The van der Waals surface area contributed by atoms with Gasteiger partial charge in [-0.1, -0.05) is 29.0 Å². The normalized spacial score (nSPS) is 10.3. The Balaban J connectivity index is 1.70. The number of rotatable bonds is 7. The zero-order valence-corrected chi connectivity index (χ0v) is 15.7. The molecule has 0 aliphatic carbocycles. The van der Waals surface area contributed by atoms with Gasteiger partial charge in [0.05, 0.1) is 6.42 Å². The van der Waals surface area contributed by atoms with Gasteiger partial charge in [0.2, 0.25) is 11.0 Å². The maximum Gasteiger partial charge on any atom is 0.306 e. The summed E-state index contributed by atoms with van der Waals surface area (Å²) in [6.45, 7) is 3.14. The monoisotopic (exact) mass is 396 g/mol. The molecular weight excluding hydrogens is 380 g/mol. The zero-order chi connectivity index (χ0) is 19.1. The van der Waals surface area contributed by atoms with Crippen LogP contribution in [0.4, 0.5) is 10.8 Å². The number of hydrogen-bond donors (Lipinski definition) is 2. The molecule has 1 aromatic heterocycles. The van der Waals surface area contributed by atoms with Crippen LogP contribution in [0.2, 0.25) is 5.02 Å². The molecular formula is C16H17ClN4O4S. The summed E-state index contributed by atoms with van der Waals surface area (Å²) in [6, 6.07) is 5.08. The van der Waals surface area contributed by atoms with Crippen LogP contribution in [0.3, 0.4) is 0 Å². The van der Waals surface area contributed by atoms with Crippen molar-refractivity contribution in [3.05, 3.63) is 33.8 Å². The molecule has 0 atom stereocenters. The molecule has 2 rings (SSSR count). The number of nitrogens with one attached hydrogen (secondary N) is 2. The number of aromatic nitrogens is 2. The second-order valence-corrected chi connectivity index (χ2v) is 6.96. The van der Waals surface area contributed by atoms with Gasteiger partial charge in [-0.2, -0.15) is 0 Å². The number of carbonyl (C=O) groups is 3. The topological polar surface area (TPSA) is 110 Å². The molecule has 8 nitrogen and oxygen atoms in total. The van der Waals surface area contributed by atoms with Crippen molar-refractivity contribution < 1.29 is 19.1 Å². The predicted molar refractivity (Wildman–Crippen MR) is 98.3 cm³/mol. The van der Waals surface area contributed by atoms with Gasteiger partial charge in [0.25, 0.3) is 5.91 Å². The molecule has 1 heterocycles. The highest BCUT2D eigenvalue weighted by Gasteiger charge is 2.12. The van der Waals surface area contributed by atoms with Crippen LogP contribution in [0.15, 0.2) is 18.2 Å². The van der Waals surface area contributed by atoms with Gasteiger partial charge in [0.1, 0.15) is 5.01 Å². The maximum absolute atomic E-state index is 11.8. The van der Waals surface area contributed by atoms with Crippen molar-refractivity contribution in [1.82, 2.24) is 10.2 Å². The van der Waals surface area contributed by atoms with E-state index < -0.39 is 18.5 Å². The molecule has 0 aliphatic rings. The largest absolute Gasteiger partial charge is 0.456 e. The molecule has 0 saturated heterocycles. The Kier molecular flexibility index (Phi) is 7.05. The molecule has 1 aromatic carbocycles. The van der Waals surface area contributed by atoms with Gasteiger partial charge in [0.15, 0.2) is 6.61 Å². The Morgan fingerprint density at radius 1 is 1.12 bits per heavy atom. The number of halogens is 1.